The van der Waals surface area contributed by atoms with Crippen molar-refractivity contribution in [3.63, 3.8) is 0 Å². The molecule has 1 atom stereocenters. The van der Waals surface area contributed by atoms with Crippen molar-refractivity contribution >= 4 is 46.6 Å². The SMILES string of the molecule is CC(C#N)(c1ccc(Cl)cc1)c1c(Cl)cc(N=C=O)cc1Cl. The number of nitrogens with zero attached hydrogens (tertiary/aromatic N) is 2. The summed E-state index contributed by atoms with van der Waals surface area (Å²) in [4.78, 5) is 13.8. The molecule has 110 valence electrons. The Balaban J connectivity index is 2.68. The van der Waals surface area contributed by atoms with Gasteiger partial charge in [0.1, 0.15) is 5.41 Å². The van der Waals surface area contributed by atoms with Gasteiger partial charge in [0, 0.05) is 20.6 Å². The van der Waals surface area contributed by atoms with Crippen LogP contribution in [0.1, 0.15) is 18.1 Å². The van der Waals surface area contributed by atoms with Gasteiger partial charge in [0.2, 0.25) is 6.08 Å². The zero-order valence-corrected chi connectivity index (χ0v) is 13.7. The van der Waals surface area contributed by atoms with Crippen molar-refractivity contribution in [3.8, 4) is 6.07 Å². The predicted molar refractivity (Wildman–Crippen MR) is 87.8 cm³/mol. The summed E-state index contributed by atoms with van der Waals surface area (Å²) in [5.41, 5.74) is 0.368. The largest absolute Gasteiger partial charge is 0.240 e. The zero-order valence-electron chi connectivity index (χ0n) is 11.4. The second-order valence-electron chi connectivity index (χ2n) is 4.73. The lowest BCUT2D eigenvalue weighted by Gasteiger charge is -2.25. The molecule has 0 fully saturated rings. The molecule has 0 amide bonds. The van der Waals surface area contributed by atoms with Gasteiger partial charge in [-0.15, -0.1) is 0 Å². The minimum atomic E-state index is -1.07. The minimum absolute atomic E-state index is 0.250. The van der Waals surface area contributed by atoms with Crippen molar-refractivity contribution < 1.29 is 4.79 Å². The number of hydrogen-bond donors (Lipinski definition) is 0. The van der Waals surface area contributed by atoms with E-state index in [4.69, 9.17) is 34.8 Å². The molecule has 0 aliphatic heterocycles. The Hall–Kier alpha value is -1.82. The van der Waals surface area contributed by atoms with E-state index in [1.807, 2.05) is 0 Å². The van der Waals surface area contributed by atoms with Gasteiger partial charge in [0.05, 0.1) is 11.8 Å². The number of nitriles is 1. The maximum absolute atomic E-state index is 10.3. The highest BCUT2D eigenvalue weighted by molar-refractivity contribution is 6.36. The highest BCUT2D eigenvalue weighted by Gasteiger charge is 2.33. The lowest BCUT2D eigenvalue weighted by molar-refractivity contribution is 0.565. The average Bonchev–Trinajstić information content (AvgIpc) is 2.47. The Bertz CT molecular complexity index is 782. The first-order valence-electron chi connectivity index (χ1n) is 6.17. The molecule has 0 radical (unpaired) electrons. The maximum Gasteiger partial charge on any atom is 0.240 e. The number of hydrogen-bond acceptors (Lipinski definition) is 3. The Labute approximate surface area is 142 Å². The van der Waals surface area contributed by atoms with E-state index in [0.717, 1.165) is 0 Å². The molecule has 0 spiro atoms. The summed E-state index contributed by atoms with van der Waals surface area (Å²) in [6.07, 6.45) is 1.43. The molecule has 0 aliphatic carbocycles. The molecule has 22 heavy (non-hydrogen) atoms. The molecule has 0 heterocycles. The van der Waals surface area contributed by atoms with E-state index in [9.17, 15) is 10.1 Å². The van der Waals surface area contributed by atoms with Gasteiger partial charge in [-0.1, -0.05) is 46.9 Å². The number of carbonyl (C=O) groups excluding carboxylic acids is 1. The third-order valence-corrected chi connectivity index (χ3v) is 4.19. The van der Waals surface area contributed by atoms with E-state index in [-0.39, 0.29) is 15.7 Å². The first-order valence-corrected chi connectivity index (χ1v) is 7.30. The van der Waals surface area contributed by atoms with Crippen LogP contribution in [0, 0.1) is 11.3 Å². The van der Waals surface area contributed by atoms with Gasteiger partial charge in [-0.3, -0.25) is 0 Å². The second-order valence-corrected chi connectivity index (χ2v) is 5.98. The summed E-state index contributed by atoms with van der Waals surface area (Å²) in [7, 11) is 0. The van der Waals surface area contributed by atoms with Gasteiger partial charge < -0.3 is 0 Å². The van der Waals surface area contributed by atoms with Gasteiger partial charge in [-0.25, -0.2) is 4.79 Å². The van der Waals surface area contributed by atoms with Crippen LogP contribution in [-0.4, -0.2) is 6.08 Å². The molecule has 2 aromatic rings. The van der Waals surface area contributed by atoms with Crippen LogP contribution in [0.15, 0.2) is 41.4 Å². The fourth-order valence-corrected chi connectivity index (χ4v) is 3.18. The van der Waals surface area contributed by atoms with E-state index < -0.39 is 5.41 Å². The van der Waals surface area contributed by atoms with Crippen molar-refractivity contribution in [2.75, 3.05) is 0 Å². The van der Waals surface area contributed by atoms with Crippen molar-refractivity contribution in [3.05, 3.63) is 62.6 Å². The smallest absolute Gasteiger partial charge is 0.211 e. The molecule has 0 saturated carbocycles. The Morgan fingerprint density at radius 2 is 1.64 bits per heavy atom. The summed E-state index contributed by atoms with van der Waals surface area (Å²) >= 11 is 18.4. The highest BCUT2D eigenvalue weighted by Crippen LogP contribution is 2.42. The van der Waals surface area contributed by atoms with Crippen LogP contribution in [0.25, 0.3) is 0 Å². The van der Waals surface area contributed by atoms with Crippen molar-refractivity contribution in [2.45, 2.75) is 12.3 Å². The second kappa shape index (κ2) is 6.52. The van der Waals surface area contributed by atoms with E-state index in [2.05, 4.69) is 11.1 Å². The van der Waals surface area contributed by atoms with Crippen LogP contribution in [-0.2, 0) is 10.2 Å². The third kappa shape index (κ3) is 3.02. The normalized spacial score (nSPS) is 12.9. The number of rotatable bonds is 3. The minimum Gasteiger partial charge on any atom is -0.211 e. The van der Waals surface area contributed by atoms with Crippen molar-refractivity contribution in [2.24, 2.45) is 4.99 Å². The quantitative estimate of drug-likeness (QED) is 0.546. The Kier molecular flexibility index (Phi) is 4.90. The Morgan fingerprint density at radius 1 is 1.09 bits per heavy atom. The number of aliphatic imine (C=N–C) groups is 1. The van der Waals surface area contributed by atoms with E-state index in [1.165, 1.54) is 18.2 Å². The molecule has 0 saturated heterocycles. The van der Waals surface area contributed by atoms with Gasteiger partial charge >= 0.3 is 0 Å². The molecule has 0 aliphatic rings. The summed E-state index contributed by atoms with van der Waals surface area (Å²) in [5, 5.41) is 10.8. The molecule has 1 unspecified atom stereocenters. The fraction of sp³-hybridized carbons (Fsp3) is 0.125. The van der Waals surface area contributed by atoms with Gasteiger partial charge in [-0.05, 0) is 36.8 Å². The van der Waals surface area contributed by atoms with Crippen LogP contribution in [0.2, 0.25) is 15.1 Å². The standard InChI is InChI=1S/C16H9Cl3N2O/c1-16(8-20,10-2-4-11(17)5-3-10)15-13(18)6-12(21-9-22)7-14(15)19/h2-7H,1H3. The van der Waals surface area contributed by atoms with E-state index in [0.29, 0.717) is 16.1 Å². The monoisotopic (exact) mass is 350 g/mol. The Morgan fingerprint density at radius 3 is 2.09 bits per heavy atom. The first-order chi connectivity index (χ1) is 10.4. The summed E-state index contributed by atoms with van der Waals surface area (Å²) < 4.78 is 0. The summed E-state index contributed by atoms with van der Waals surface area (Å²) in [6, 6.07) is 12.1. The van der Waals surface area contributed by atoms with E-state index >= 15 is 0 Å². The van der Waals surface area contributed by atoms with Crippen LogP contribution < -0.4 is 0 Å². The molecule has 0 aromatic heterocycles. The molecule has 0 bridgehead atoms. The first kappa shape index (κ1) is 16.5. The number of benzene rings is 2. The molecule has 6 heteroatoms. The topological polar surface area (TPSA) is 53.2 Å². The maximum atomic E-state index is 10.3. The molecule has 0 N–H and O–H groups in total. The fourth-order valence-electron chi connectivity index (χ4n) is 2.20. The van der Waals surface area contributed by atoms with Crippen molar-refractivity contribution in [1.82, 2.24) is 0 Å². The lowest BCUT2D eigenvalue weighted by atomic mass is 9.77. The van der Waals surface area contributed by atoms with Gasteiger partial charge in [0.15, 0.2) is 0 Å². The number of halogens is 3. The molecular formula is C16H9Cl3N2O. The average molecular weight is 352 g/mol. The highest BCUT2D eigenvalue weighted by atomic mass is 35.5. The third-order valence-electron chi connectivity index (χ3n) is 3.35. The lowest BCUT2D eigenvalue weighted by Crippen LogP contribution is -2.22. The zero-order chi connectivity index (χ0) is 16.3. The van der Waals surface area contributed by atoms with Crippen LogP contribution >= 0.6 is 34.8 Å². The summed E-state index contributed by atoms with van der Waals surface area (Å²) in [5.74, 6) is 0. The van der Waals surface area contributed by atoms with E-state index in [1.54, 1.807) is 31.2 Å². The van der Waals surface area contributed by atoms with Crippen LogP contribution in [0.4, 0.5) is 5.69 Å². The summed E-state index contributed by atoms with van der Waals surface area (Å²) in [6.45, 7) is 1.71. The van der Waals surface area contributed by atoms with Gasteiger partial charge in [0.25, 0.3) is 0 Å². The molecule has 2 rings (SSSR count). The molecule has 2 aromatic carbocycles. The van der Waals surface area contributed by atoms with Crippen LogP contribution in [0.3, 0.4) is 0 Å². The molecular weight excluding hydrogens is 343 g/mol. The number of isocyanates is 1. The molecule has 3 nitrogen and oxygen atoms in total. The predicted octanol–water partition coefficient (Wildman–Crippen LogP) is 5.44. The van der Waals surface area contributed by atoms with Crippen molar-refractivity contribution in [1.29, 1.82) is 5.26 Å². The van der Waals surface area contributed by atoms with Gasteiger partial charge in [-0.2, -0.15) is 10.3 Å². The van der Waals surface area contributed by atoms with Crippen LogP contribution in [0.5, 0.6) is 0 Å².